The van der Waals surface area contributed by atoms with E-state index in [1.807, 2.05) is 13.0 Å². The van der Waals surface area contributed by atoms with Crippen LogP contribution in [-0.4, -0.2) is 9.91 Å². The molecule has 0 fully saturated rings. The smallest absolute Gasteiger partial charge is 0.311 e. The van der Waals surface area contributed by atoms with Gasteiger partial charge in [-0.1, -0.05) is 11.6 Å². The number of aromatic nitrogens is 1. The molecule has 21 heavy (non-hydrogen) atoms. The van der Waals surface area contributed by atoms with E-state index >= 15 is 0 Å². The summed E-state index contributed by atoms with van der Waals surface area (Å²) in [5, 5.41) is 14.5. The summed E-state index contributed by atoms with van der Waals surface area (Å²) in [6.07, 6.45) is 0. The number of nitrogens with one attached hydrogen (secondary N) is 2. The molecule has 1 aromatic heterocycles. The summed E-state index contributed by atoms with van der Waals surface area (Å²) in [7, 11) is 0. The van der Waals surface area contributed by atoms with Crippen LogP contribution in [0.25, 0.3) is 0 Å². The Kier molecular flexibility index (Phi) is 4.61. The van der Waals surface area contributed by atoms with Crippen molar-refractivity contribution in [1.29, 1.82) is 0 Å². The molecule has 1 heterocycles. The molecule has 0 unspecified atom stereocenters. The number of anilines is 3. The first kappa shape index (κ1) is 15.5. The first-order chi connectivity index (χ1) is 9.92. The number of nitro groups is 1. The standard InChI is InChI=1S/C12H11BrClN5O2/c1-6-4-7(13)9(5-8(6)14)16-12-10(19(20)21)2-3-11(17-12)18-15/h2-5H,15H2,1H3,(H2,16,17,18). The summed E-state index contributed by atoms with van der Waals surface area (Å²) in [4.78, 5) is 14.6. The summed E-state index contributed by atoms with van der Waals surface area (Å²) in [6, 6.07) is 6.20. The molecule has 4 N–H and O–H groups in total. The van der Waals surface area contributed by atoms with E-state index in [2.05, 4.69) is 31.7 Å². The van der Waals surface area contributed by atoms with E-state index in [0.29, 0.717) is 21.0 Å². The summed E-state index contributed by atoms with van der Waals surface area (Å²) >= 11 is 9.44. The number of nitrogens with zero attached hydrogens (tertiary/aromatic N) is 2. The van der Waals surface area contributed by atoms with Crippen LogP contribution in [0.5, 0.6) is 0 Å². The molecule has 0 saturated carbocycles. The normalized spacial score (nSPS) is 10.3. The number of aryl methyl sites for hydroxylation is 1. The van der Waals surface area contributed by atoms with Crippen LogP contribution in [-0.2, 0) is 0 Å². The summed E-state index contributed by atoms with van der Waals surface area (Å²) in [5.41, 5.74) is 3.62. The molecule has 0 aliphatic carbocycles. The van der Waals surface area contributed by atoms with Gasteiger partial charge in [-0.25, -0.2) is 10.8 Å². The summed E-state index contributed by atoms with van der Waals surface area (Å²) in [5.74, 6) is 5.64. The lowest BCUT2D eigenvalue weighted by Crippen LogP contribution is -2.10. The van der Waals surface area contributed by atoms with E-state index in [-0.39, 0.29) is 11.5 Å². The molecule has 7 nitrogen and oxygen atoms in total. The van der Waals surface area contributed by atoms with Crippen molar-refractivity contribution < 1.29 is 4.92 Å². The molecule has 0 radical (unpaired) electrons. The minimum absolute atomic E-state index is 0.0658. The number of halogens is 2. The van der Waals surface area contributed by atoms with Gasteiger partial charge in [-0.2, -0.15) is 0 Å². The molecule has 110 valence electrons. The van der Waals surface area contributed by atoms with E-state index in [1.54, 1.807) is 6.07 Å². The lowest BCUT2D eigenvalue weighted by atomic mass is 10.2. The molecule has 0 bridgehead atoms. The largest absolute Gasteiger partial charge is 0.333 e. The number of hydrogen-bond donors (Lipinski definition) is 3. The van der Waals surface area contributed by atoms with Gasteiger partial charge < -0.3 is 10.7 Å². The Balaban J connectivity index is 2.47. The third-order valence-electron chi connectivity index (χ3n) is 2.72. The van der Waals surface area contributed by atoms with E-state index in [0.717, 1.165) is 5.56 Å². The maximum atomic E-state index is 11.1. The monoisotopic (exact) mass is 371 g/mol. The second kappa shape index (κ2) is 6.25. The Hall–Kier alpha value is -1.90. The topological polar surface area (TPSA) is 106 Å². The van der Waals surface area contributed by atoms with Gasteiger partial charge in [0.05, 0.1) is 10.6 Å². The molecular formula is C12H11BrClN5O2. The second-order valence-electron chi connectivity index (χ2n) is 4.17. The highest BCUT2D eigenvalue weighted by atomic mass is 79.9. The highest BCUT2D eigenvalue weighted by Crippen LogP contribution is 2.34. The molecule has 0 atom stereocenters. The molecule has 0 aliphatic heterocycles. The Labute approximate surface area is 133 Å². The van der Waals surface area contributed by atoms with Gasteiger partial charge in [-0.3, -0.25) is 10.1 Å². The molecule has 2 aromatic rings. The Morgan fingerprint density at radius 2 is 2.14 bits per heavy atom. The van der Waals surface area contributed by atoms with Crippen molar-refractivity contribution in [2.75, 3.05) is 10.7 Å². The predicted molar refractivity (Wildman–Crippen MR) is 85.9 cm³/mol. The lowest BCUT2D eigenvalue weighted by Gasteiger charge is -2.11. The van der Waals surface area contributed by atoms with E-state index in [1.165, 1.54) is 12.1 Å². The maximum Gasteiger partial charge on any atom is 0.311 e. The lowest BCUT2D eigenvalue weighted by molar-refractivity contribution is -0.384. The Morgan fingerprint density at radius 3 is 2.76 bits per heavy atom. The van der Waals surface area contributed by atoms with E-state index < -0.39 is 4.92 Å². The predicted octanol–water partition coefficient (Wildman–Crippen LogP) is 3.74. The second-order valence-corrected chi connectivity index (χ2v) is 5.43. The molecule has 0 aliphatic rings. The van der Waals surface area contributed by atoms with Crippen molar-refractivity contribution >= 4 is 50.5 Å². The molecule has 2 rings (SSSR count). The van der Waals surface area contributed by atoms with Crippen LogP contribution in [0, 0.1) is 17.0 Å². The van der Waals surface area contributed by atoms with Gasteiger partial charge in [0.25, 0.3) is 0 Å². The maximum absolute atomic E-state index is 11.1. The SMILES string of the molecule is Cc1cc(Br)c(Nc2nc(NN)ccc2[N+](=O)[O-])cc1Cl. The van der Waals surface area contributed by atoms with Gasteiger partial charge in [0.2, 0.25) is 5.82 Å². The molecule has 9 heteroatoms. The number of rotatable bonds is 4. The number of nitrogen functional groups attached to an aromatic ring is 1. The molecule has 0 amide bonds. The van der Waals surface area contributed by atoms with Crippen molar-refractivity contribution in [1.82, 2.24) is 4.98 Å². The molecule has 0 spiro atoms. The minimum Gasteiger partial charge on any atom is -0.333 e. The molecular weight excluding hydrogens is 362 g/mol. The van der Waals surface area contributed by atoms with Crippen molar-refractivity contribution in [2.45, 2.75) is 6.92 Å². The highest BCUT2D eigenvalue weighted by Gasteiger charge is 2.17. The van der Waals surface area contributed by atoms with Gasteiger partial charge >= 0.3 is 5.69 Å². The minimum atomic E-state index is -0.528. The van der Waals surface area contributed by atoms with Crippen molar-refractivity contribution in [3.63, 3.8) is 0 Å². The van der Waals surface area contributed by atoms with Gasteiger partial charge in [-0.05, 0) is 46.6 Å². The zero-order chi connectivity index (χ0) is 15.6. The van der Waals surface area contributed by atoms with Crippen LogP contribution < -0.4 is 16.6 Å². The highest BCUT2D eigenvalue weighted by molar-refractivity contribution is 9.10. The fourth-order valence-electron chi connectivity index (χ4n) is 1.64. The van der Waals surface area contributed by atoms with Gasteiger partial charge in [0.15, 0.2) is 0 Å². The van der Waals surface area contributed by atoms with E-state index in [4.69, 9.17) is 17.4 Å². The third-order valence-corrected chi connectivity index (χ3v) is 3.78. The number of benzene rings is 1. The fraction of sp³-hybridized carbons (Fsp3) is 0.0833. The number of hydrogen-bond acceptors (Lipinski definition) is 6. The van der Waals surface area contributed by atoms with Crippen LogP contribution in [0.15, 0.2) is 28.7 Å². The van der Waals surface area contributed by atoms with Crippen LogP contribution in [0.1, 0.15) is 5.56 Å². The van der Waals surface area contributed by atoms with Crippen LogP contribution in [0.4, 0.5) is 23.0 Å². The van der Waals surface area contributed by atoms with Crippen molar-refractivity contribution in [3.05, 3.63) is 49.4 Å². The number of pyridine rings is 1. The summed E-state index contributed by atoms with van der Waals surface area (Å²) < 4.78 is 0.714. The van der Waals surface area contributed by atoms with Crippen LogP contribution in [0.3, 0.4) is 0 Å². The van der Waals surface area contributed by atoms with Crippen molar-refractivity contribution in [3.8, 4) is 0 Å². The summed E-state index contributed by atoms with van der Waals surface area (Å²) in [6.45, 7) is 1.86. The van der Waals surface area contributed by atoms with Gasteiger partial charge in [0, 0.05) is 15.6 Å². The molecule has 1 aromatic carbocycles. The first-order valence-corrected chi connectivity index (χ1v) is 6.94. The van der Waals surface area contributed by atoms with Crippen molar-refractivity contribution in [2.24, 2.45) is 5.84 Å². The quantitative estimate of drug-likeness (QED) is 0.429. The van der Waals surface area contributed by atoms with Crippen LogP contribution >= 0.6 is 27.5 Å². The number of hydrazine groups is 1. The number of nitrogens with two attached hydrogens (primary N) is 1. The Bertz CT molecular complexity index is 710. The average molecular weight is 373 g/mol. The van der Waals surface area contributed by atoms with Gasteiger partial charge in [0.1, 0.15) is 5.82 Å². The van der Waals surface area contributed by atoms with E-state index in [9.17, 15) is 10.1 Å². The van der Waals surface area contributed by atoms with Crippen LogP contribution in [0.2, 0.25) is 5.02 Å². The zero-order valence-electron chi connectivity index (χ0n) is 10.9. The Morgan fingerprint density at radius 1 is 1.43 bits per heavy atom. The molecule has 0 saturated heterocycles. The average Bonchev–Trinajstić information content (AvgIpc) is 2.44. The zero-order valence-corrected chi connectivity index (χ0v) is 13.2. The first-order valence-electron chi connectivity index (χ1n) is 5.77. The third kappa shape index (κ3) is 3.41. The fourth-order valence-corrected chi connectivity index (χ4v) is 2.36. The van der Waals surface area contributed by atoms with Gasteiger partial charge in [-0.15, -0.1) is 0 Å².